The minimum atomic E-state index is 0. The van der Waals surface area contributed by atoms with Gasteiger partial charge in [-0.2, -0.15) is 0 Å². The summed E-state index contributed by atoms with van der Waals surface area (Å²) in [6.07, 6.45) is 2.36. The van der Waals surface area contributed by atoms with E-state index in [0.717, 1.165) is 19.6 Å². The van der Waals surface area contributed by atoms with Crippen LogP contribution >= 0.6 is 0 Å². The number of unbranched alkanes of at least 4 members (excludes halogenated alkanes) is 1. The first-order chi connectivity index (χ1) is 10.9. The van der Waals surface area contributed by atoms with Crippen LogP contribution in [0.15, 0.2) is 30.3 Å². The van der Waals surface area contributed by atoms with Gasteiger partial charge in [0.15, 0.2) is 0 Å². The second-order valence-corrected chi connectivity index (χ2v) is 2.89. The van der Waals surface area contributed by atoms with Gasteiger partial charge in [-0.05, 0) is 12.0 Å². The molecule has 0 N–H and O–H groups in total. The fraction of sp³-hybridized carbons (Fsp3) is 0.312. The normalized spacial score (nSPS) is 6.13. The molecule has 132 valence electrons. The van der Waals surface area contributed by atoms with E-state index < -0.39 is 0 Å². The van der Waals surface area contributed by atoms with Crippen molar-refractivity contribution in [3.05, 3.63) is 35.9 Å². The van der Waals surface area contributed by atoms with Crippen LogP contribution < -0.4 is 0 Å². The van der Waals surface area contributed by atoms with Gasteiger partial charge in [-0.3, -0.25) is 0 Å². The first-order valence-corrected chi connectivity index (χ1v) is 5.99. The molecule has 0 amide bonds. The van der Waals surface area contributed by atoms with Crippen molar-refractivity contribution in [2.45, 2.75) is 26.4 Å². The van der Waals surface area contributed by atoms with Gasteiger partial charge in [0.05, 0.1) is 6.61 Å². The van der Waals surface area contributed by atoms with E-state index in [1.165, 1.54) is 12.0 Å². The molecule has 0 bridgehead atoms. The standard InChI is InChI=1S/C11H16O.5CH2O.W/c1-2-3-9-12-10-11-7-5-4-6-8-11;5*1-2;/h4-8H,2-3,9-10H2,1H3;5*1H2;. The van der Waals surface area contributed by atoms with E-state index in [1.807, 2.05) is 52.1 Å². The second kappa shape index (κ2) is 59.3. The summed E-state index contributed by atoms with van der Waals surface area (Å²) in [5.74, 6) is 0. The fourth-order valence-corrected chi connectivity index (χ4v) is 1.01. The molecule has 0 saturated heterocycles. The molecule has 0 aliphatic rings. The molecule has 0 fully saturated rings. The molecule has 0 saturated carbocycles. The van der Waals surface area contributed by atoms with Crippen LogP contribution in [0.3, 0.4) is 0 Å². The van der Waals surface area contributed by atoms with Gasteiger partial charge >= 0.3 is 0 Å². The summed E-state index contributed by atoms with van der Waals surface area (Å²) in [6, 6.07) is 10.3. The molecule has 1 rings (SSSR count). The zero-order valence-electron chi connectivity index (χ0n) is 13.6. The van der Waals surface area contributed by atoms with E-state index in [9.17, 15) is 0 Å². The van der Waals surface area contributed by atoms with Crippen molar-refractivity contribution in [1.29, 1.82) is 0 Å². The molecule has 6 nitrogen and oxygen atoms in total. The van der Waals surface area contributed by atoms with Crippen molar-refractivity contribution < 1.29 is 49.8 Å². The Kier molecular flexibility index (Phi) is 96.6. The van der Waals surface area contributed by atoms with Gasteiger partial charge < -0.3 is 28.7 Å². The predicted octanol–water partition coefficient (Wildman–Crippen LogP) is 2.08. The van der Waals surface area contributed by atoms with Gasteiger partial charge in [0, 0.05) is 27.7 Å². The Morgan fingerprint density at radius 3 is 1.52 bits per heavy atom. The zero-order valence-corrected chi connectivity index (χ0v) is 16.5. The molecule has 0 spiro atoms. The predicted molar refractivity (Wildman–Crippen MR) is 86.6 cm³/mol. The van der Waals surface area contributed by atoms with Gasteiger partial charge in [0.1, 0.15) is 33.9 Å². The Hall–Kier alpha value is -1.78. The summed E-state index contributed by atoms with van der Waals surface area (Å²) < 4.78 is 5.46. The van der Waals surface area contributed by atoms with Crippen molar-refractivity contribution in [2.75, 3.05) is 6.61 Å². The topological polar surface area (TPSA) is 94.6 Å². The molecule has 0 aliphatic heterocycles. The average Bonchev–Trinajstić information content (AvgIpc) is 2.68. The van der Waals surface area contributed by atoms with Gasteiger partial charge in [0.2, 0.25) is 0 Å². The smallest absolute Gasteiger partial charge is 0.106 e. The quantitative estimate of drug-likeness (QED) is 0.578. The third-order valence-electron chi connectivity index (χ3n) is 1.75. The van der Waals surface area contributed by atoms with Gasteiger partial charge in [0.25, 0.3) is 0 Å². The molecule has 0 aliphatic carbocycles. The maximum absolute atomic E-state index is 8.00. The van der Waals surface area contributed by atoms with Crippen LogP contribution in [0.5, 0.6) is 0 Å². The fourth-order valence-electron chi connectivity index (χ4n) is 1.01. The van der Waals surface area contributed by atoms with Crippen LogP contribution in [0, 0.1) is 0 Å². The van der Waals surface area contributed by atoms with E-state index in [0.29, 0.717) is 0 Å². The number of benzene rings is 1. The van der Waals surface area contributed by atoms with E-state index >= 15 is 0 Å². The van der Waals surface area contributed by atoms with Crippen molar-refractivity contribution in [3.63, 3.8) is 0 Å². The van der Waals surface area contributed by atoms with Crippen LogP contribution in [0.1, 0.15) is 25.3 Å². The monoisotopic (exact) mass is 498 g/mol. The summed E-state index contributed by atoms with van der Waals surface area (Å²) in [6.45, 7) is 13.8. The third kappa shape index (κ3) is 45.0. The van der Waals surface area contributed by atoms with Crippen LogP contribution in [-0.4, -0.2) is 40.6 Å². The second-order valence-electron chi connectivity index (χ2n) is 2.89. The average molecular weight is 498 g/mol. The maximum atomic E-state index is 8.00. The van der Waals surface area contributed by atoms with Crippen molar-refractivity contribution in [1.82, 2.24) is 0 Å². The molecule has 1 aromatic carbocycles. The Labute approximate surface area is 152 Å². The summed E-state index contributed by atoms with van der Waals surface area (Å²) in [5, 5.41) is 0. The molecule has 1 aromatic rings. The number of carbonyl (C=O) groups excluding carboxylic acids is 5. The molecular formula is C16H26O6W. The van der Waals surface area contributed by atoms with Crippen LogP contribution in [-0.2, 0) is 56.4 Å². The molecule has 0 aromatic heterocycles. The number of ether oxygens (including phenoxy) is 1. The number of rotatable bonds is 5. The molecule has 7 heteroatoms. The van der Waals surface area contributed by atoms with E-state index in [2.05, 4.69) is 19.1 Å². The minimum Gasteiger partial charge on any atom is -0.377 e. The van der Waals surface area contributed by atoms with Crippen molar-refractivity contribution >= 4 is 33.9 Å². The van der Waals surface area contributed by atoms with Crippen molar-refractivity contribution in [2.24, 2.45) is 0 Å². The number of carbonyl (C=O) groups is 5. The van der Waals surface area contributed by atoms with Crippen molar-refractivity contribution in [3.8, 4) is 0 Å². The Morgan fingerprint density at radius 1 is 0.783 bits per heavy atom. The van der Waals surface area contributed by atoms with E-state index in [-0.39, 0.29) is 21.1 Å². The largest absolute Gasteiger partial charge is 0.377 e. The van der Waals surface area contributed by atoms with Gasteiger partial charge in [-0.1, -0.05) is 43.7 Å². The summed E-state index contributed by atoms with van der Waals surface area (Å²) in [7, 11) is 0. The van der Waals surface area contributed by atoms with Crippen LogP contribution in [0.2, 0.25) is 0 Å². The van der Waals surface area contributed by atoms with Gasteiger partial charge in [-0.25, -0.2) is 0 Å². The summed E-state index contributed by atoms with van der Waals surface area (Å²) >= 11 is 0. The molecular weight excluding hydrogens is 472 g/mol. The first kappa shape index (κ1) is 37.5. The molecule has 0 heterocycles. The molecule has 0 unspecified atom stereocenters. The number of hydrogen-bond donors (Lipinski definition) is 0. The molecule has 0 atom stereocenters. The number of hydrogen-bond acceptors (Lipinski definition) is 6. The Morgan fingerprint density at radius 2 is 1.17 bits per heavy atom. The SMILES string of the molecule is C=O.C=O.C=O.C=O.C=O.CCCCOCc1ccccc1.[W]. The Bertz CT molecular complexity index is 263. The van der Waals surface area contributed by atoms with E-state index in [1.54, 1.807) is 0 Å². The minimum absolute atomic E-state index is 0. The van der Waals surface area contributed by atoms with E-state index in [4.69, 9.17) is 28.7 Å². The first-order valence-electron chi connectivity index (χ1n) is 5.99. The Balaban J connectivity index is -0.0000000565. The van der Waals surface area contributed by atoms with Crippen LogP contribution in [0.4, 0.5) is 0 Å². The molecule has 0 radical (unpaired) electrons. The van der Waals surface area contributed by atoms with Crippen LogP contribution in [0.25, 0.3) is 0 Å². The zero-order chi connectivity index (χ0) is 18.6. The molecule has 23 heavy (non-hydrogen) atoms. The van der Waals surface area contributed by atoms with Gasteiger partial charge in [-0.15, -0.1) is 0 Å². The third-order valence-corrected chi connectivity index (χ3v) is 1.75. The maximum Gasteiger partial charge on any atom is 0.106 e. The summed E-state index contributed by atoms with van der Waals surface area (Å²) in [4.78, 5) is 40.0. The summed E-state index contributed by atoms with van der Waals surface area (Å²) in [5.41, 5.74) is 1.26.